The maximum Gasteiger partial charge on any atom is 0.0524 e. The topological polar surface area (TPSA) is 29.3 Å². The quantitative estimate of drug-likeness (QED) is 0.866. The highest BCUT2D eigenvalue weighted by Gasteiger charge is 2.41. The molecule has 0 radical (unpaired) electrons. The molecule has 2 heteroatoms. The fraction of sp³-hybridized carbons (Fsp3) is 0.625. The highest BCUT2D eigenvalue weighted by atomic mass is 15.2. The summed E-state index contributed by atoms with van der Waals surface area (Å²) in [4.78, 5) is 2.64. The van der Waals surface area contributed by atoms with Crippen molar-refractivity contribution in [3.05, 3.63) is 29.8 Å². The van der Waals surface area contributed by atoms with E-state index in [1.54, 1.807) is 0 Å². The molecule has 98 valence electrons. The number of nitrogens with two attached hydrogens (primary N) is 1. The number of hydrogen-bond donors (Lipinski definition) is 1. The van der Waals surface area contributed by atoms with Crippen molar-refractivity contribution in [2.75, 3.05) is 18.0 Å². The molecule has 1 aliphatic carbocycles. The SMILES string of the molecule is CC1Cc2ccccc2N(C2(CN)CCCC2)C1. The molecule has 1 aromatic carbocycles. The van der Waals surface area contributed by atoms with Crippen LogP contribution in [-0.4, -0.2) is 18.6 Å². The second-order valence-electron chi connectivity index (χ2n) is 6.18. The molecule has 1 fully saturated rings. The van der Waals surface area contributed by atoms with Crippen molar-refractivity contribution in [2.45, 2.75) is 44.6 Å². The average Bonchev–Trinajstić information content (AvgIpc) is 2.87. The van der Waals surface area contributed by atoms with Gasteiger partial charge in [-0.2, -0.15) is 0 Å². The van der Waals surface area contributed by atoms with Gasteiger partial charge in [0.2, 0.25) is 0 Å². The summed E-state index contributed by atoms with van der Waals surface area (Å²) in [5.41, 5.74) is 9.36. The van der Waals surface area contributed by atoms with E-state index < -0.39 is 0 Å². The first-order valence-corrected chi connectivity index (χ1v) is 7.31. The van der Waals surface area contributed by atoms with Crippen LogP contribution in [0.5, 0.6) is 0 Å². The highest BCUT2D eigenvalue weighted by molar-refractivity contribution is 5.58. The van der Waals surface area contributed by atoms with E-state index >= 15 is 0 Å². The summed E-state index contributed by atoms with van der Waals surface area (Å²) >= 11 is 0. The van der Waals surface area contributed by atoms with E-state index in [2.05, 4.69) is 36.1 Å². The Labute approximate surface area is 110 Å². The number of nitrogens with zero attached hydrogens (tertiary/aromatic N) is 1. The van der Waals surface area contributed by atoms with Gasteiger partial charge in [-0.25, -0.2) is 0 Å². The zero-order valence-electron chi connectivity index (χ0n) is 11.4. The van der Waals surface area contributed by atoms with E-state index in [0.29, 0.717) is 0 Å². The fourth-order valence-electron chi connectivity index (χ4n) is 3.86. The van der Waals surface area contributed by atoms with Crippen molar-refractivity contribution >= 4 is 5.69 Å². The number of fused-ring (bicyclic) bond motifs is 1. The lowest BCUT2D eigenvalue weighted by Crippen LogP contribution is -2.55. The Bertz CT molecular complexity index is 421. The van der Waals surface area contributed by atoms with Gasteiger partial charge in [0.1, 0.15) is 0 Å². The van der Waals surface area contributed by atoms with Crippen molar-refractivity contribution < 1.29 is 0 Å². The van der Waals surface area contributed by atoms with Gasteiger partial charge in [-0.05, 0) is 36.8 Å². The normalized spacial score (nSPS) is 26.1. The molecule has 1 heterocycles. The minimum absolute atomic E-state index is 0.241. The van der Waals surface area contributed by atoms with Gasteiger partial charge < -0.3 is 10.6 Å². The van der Waals surface area contributed by atoms with Gasteiger partial charge in [0, 0.05) is 18.8 Å². The van der Waals surface area contributed by atoms with E-state index in [4.69, 9.17) is 5.73 Å². The highest BCUT2D eigenvalue weighted by Crippen LogP contribution is 2.41. The molecule has 0 saturated heterocycles. The van der Waals surface area contributed by atoms with Gasteiger partial charge in [-0.15, -0.1) is 0 Å². The largest absolute Gasteiger partial charge is 0.364 e. The van der Waals surface area contributed by atoms with Crippen LogP contribution >= 0.6 is 0 Å². The third-order valence-corrected chi connectivity index (χ3v) is 4.83. The number of anilines is 1. The molecule has 1 unspecified atom stereocenters. The molecule has 0 spiro atoms. The van der Waals surface area contributed by atoms with Crippen molar-refractivity contribution in [3.8, 4) is 0 Å². The smallest absolute Gasteiger partial charge is 0.0524 e. The summed E-state index contributed by atoms with van der Waals surface area (Å²) in [6.45, 7) is 4.34. The van der Waals surface area contributed by atoms with Gasteiger partial charge >= 0.3 is 0 Å². The summed E-state index contributed by atoms with van der Waals surface area (Å²) in [5, 5.41) is 0. The zero-order valence-corrected chi connectivity index (χ0v) is 11.4. The van der Waals surface area contributed by atoms with Crippen molar-refractivity contribution in [1.82, 2.24) is 0 Å². The second-order valence-corrected chi connectivity index (χ2v) is 6.18. The standard InChI is InChI=1S/C16H24N2/c1-13-10-14-6-2-3-7-15(14)18(11-13)16(12-17)8-4-5-9-16/h2-3,6-7,13H,4-5,8-12,17H2,1H3. The van der Waals surface area contributed by atoms with Crippen LogP contribution in [0.15, 0.2) is 24.3 Å². The van der Waals surface area contributed by atoms with Gasteiger partial charge in [0.25, 0.3) is 0 Å². The maximum absolute atomic E-state index is 6.16. The summed E-state index contributed by atoms with van der Waals surface area (Å²) in [6, 6.07) is 8.91. The summed E-state index contributed by atoms with van der Waals surface area (Å²) in [5.74, 6) is 0.740. The van der Waals surface area contributed by atoms with Gasteiger partial charge in [0.15, 0.2) is 0 Å². The fourth-order valence-corrected chi connectivity index (χ4v) is 3.86. The third kappa shape index (κ3) is 1.83. The molecule has 0 aromatic heterocycles. The Balaban J connectivity index is 2.01. The Morgan fingerprint density at radius 1 is 1.28 bits per heavy atom. The first kappa shape index (κ1) is 12.0. The minimum atomic E-state index is 0.241. The van der Waals surface area contributed by atoms with Crippen molar-refractivity contribution in [1.29, 1.82) is 0 Å². The zero-order chi connectivity index (χ0) is 12.6. The molecule has 3 rings (SSSR count). The Kier molecular flexibility index (Phi) is 3.06. The molecule has 0 amide bonds. The molecule has 1 saturated carbocycles. The first-order chi connectivity index (χ1) is 8.75. The maximum atomic E-state index is 6.16. The number of benzene rings is 1. The van der Waals surface area contributed by atoms with Crippen LogP contribution < -0.4 is 10.6 Å². The molecular weight excluding hydrogens is 220 g/mol. The summed E-state index contributed by atoms with van der Waals surface area (Å²) < 4.78 is 0. The van der Waals surface area contributed by atoms with Crippen LogP contribution in [0.1, 0.15) is 38.2 Å². The van der Waals surface area contributed by atoms with Gasteiger partial charge in [-0.1, -0.05) is 38.0 Å². The molecule has 0 bridgehead atoms. The molecule has 18 heavy (non-hydrogen) atoms. The van der Waals surface area contributed by atoms with Crippen LogP contribution in [0.25, 0.3) is 0 Å². The minimum Gasteiger partial charge on any atom is -0.364 e. The predicted molar refractivity (Wildman–Crippen MR) is 76.9 cm³/mol. The van der Waals surface area contributed by atoms with Crippen molar-refractivity contribution in [2.24, 2.45) is 11.7 Å². The first-order valence-electron chi connectivity index (χ1n) is 7.31. The Morgan fingerprint density at radius 3 is 2.72 bits per heavy atom. The number of hydrogen-bond acceptors (Lipinski definition) is 2. The molecule has 2 aliphatic rings. The van der Waals surface area contributed by atoms with E-state index in [1.165, 1.54) is 49.9 Å². The lowest BCUT2D eigenvalue weighted by molar-refractivity contribution is 0.365. The molecule has 2 nitrogen and oxygen atoms in total. The Morgan fingerprint density at radius 2 is 2.00 bits per heavy atom. The predicted octanol–water partition coefficient (Wildman–Crippen LogP) is 2.96. The lowest BCUT2D eigenvalue weighted by Gasteiger charge is -2.47. The van der Waals surface area contributed by atoms with Crippen LogP contribution in [0.2, 0.25) is 0 Å². The van der Waals surface area contributed by atoms with E-state index in [0.717, 1.165) is 12.5 Å². The number of rotatable bonds is 2. The molecule has 2 N–H and O–H groups in total. The van der Waals surface area contributed by atoms with E-state index in [1.807, 2.05) is 0 Å². The third-order valence-electron chi connectivity index (χ3n) is 4.83. The van der Waals surface area contributed by atoms with Crippen LogP contribution in [0.3, 0.4) is 0 Å². The molecule has 1 aliphatic heterocycles. The van der Waals surface area contributed by atoms with Crippen LogP contribution in [0.4, 0.5) is 5.69 Å². The summed E-state index contributed by atoms with van der Waals surface area (Å²) in [7, 11) is 0. The average molecular weight is 244 g/mol. The molecular formula is C16H24N2. The van der Waals surface area contributed by atoms with E-state index in [-0.39, 0.29) is 5.54 Å². The van der Waals surface area contributed by atoms with Crippen molar-refractivity contribution in [3.63, 3.8) is 0 Å². The van der Waals surface area contributed by atoms with Crippen LogP contribution in [-0.2, 0) is 6.42 Å². The van der Waals surface area contributed by atoms with Gasteiger partial charge in [0.05, 0.1) is 5.54 Å². The Hall–Kier alpha value is -1.02. The van der Waals surface area contributed by atoms with Crippen LogP contribution in [0, 0.1) is 5.92 Å². The summed E-state index contributed by atoms with van der Waals surface area (Å²) in [6.07, 6.45) is 6.43. The van der Waals surface area contributed by atoms with Gasteiger partial charge in [-0.3, -0.25) is 0 Å². The lowest BCUT2D eigenvalue weighted by atomic mass is 9.86. The molecule has 1 atom stereocenters. The van der Waals surface area contributed by atoms with E-state index in [9.17, 15) is 0 Å². The number of para-hydroxylation sites is 1. The monoisotopic (exact) mass is 244 g/mol. The molecule has 1 aromatic rings. The second kappa shape index (κ2) is 4.58.